The van der Waals surface area contributed by atoms with Crippen molar-refractivity contribution >= 4 is 36.7 Å². The number of unbranched alkanes of at least 4 members (excludes halogenated alkanes) is 6. The van der Waals surface area contributed by atoms with E-state index >= 15 is 0 Å². The second kappa shape index (κ2) is 19.4. The van der Waals surface area contributed by atoms with Crippen molar-refractivity contribution in [2.75, 3.05) is 13.1 Å². The molecule has 2 atom stereocenters. The molecule has 1 aliphatic heterocycles. The Kier molecular flexibility index (Phi) is 16.0. The molecule has 45 heavy (non-hydrogen) atoms. The highest BCUT2D eigenvalue weighted by molar-refractivity contribution is 6.43. The maximum absolute atomic E-state index is 13.0. The molecule has 7 N–H and O–H groups in total. The van der Waals surface area contributed by atoms with Crippen molar-refractivity contribution in [1.29, 1.82) is 0 Å². The third kappa shape index (κ3) is 13.2. The van der Waals surface area contributed by atoms with E-state index < -0.39 is 30.0 Å². The van der Waals surface area contributed by atoms with Gasteiger partial charge < -0.3 is 26.4 Å². The molecule has 1 heterocycles. The summed E-state index contributed by atoms with van der Waals surface area (Å²) in [5.41, 5.74) is 8.05. The third-order valence-corrected chi connectivity index (χ3v) is 7.37. The van der Waals surface area contributed by atoms with Crippen molar-refractivity contribution in [3.05, 3.63) is 45.5 Å². The van der Waals surface area contributed by atoms with Gasteiger partial charge in [0.2, 0.25) is 11.8 Å². The number of guanidine groups is 1. The van der Waals surface area contributed by atoms with Gasteiger partial charge in [-0.3, -0.25) is 24.1 Å². The summed E-state index contributed by atoms with van der Waals surface area (Å²) >= 11 is 0. The molecule has 0 radical (unpaired) electrons. The number of nitro groups is 1. The van der Waals surface area contributed by atoms with Crippen molar-refractivity contribution in [3.8, 4) is 0 Å². The average Bonchev–Trinajstić information content (AvgIpc) is 3.21. The lowest BCUT2D eigenvalue weighted by molar-refractivity contribution is -0.525. The minimum atomic E-state index is -1.77. The number of benzene rings is 1. The molecular weight excluding hydrogens is 585 g/mol. The Morgan fingerprint density at radius 3 is 2.11 bits per heavy atom. The van der Waals surface area contributed by atoms with E-state index in [1.54, 1.807) is 29.7 Å². The maximum atomic E-state index is 13.0. The number of hydrazine groups is 1. The van der Waals surface area contributed by atoms with Crippen molar-refractivity contribution in [1.82, 2.24) is 21.0 Å². The SMILES string of the molecule is CC(C)C[C@H](NC(=O)[C@H](CCCN=C(N)N[N+](=O)[O-])NC(=O)CCCCCCCCCN1C(=O)c2ccccc2C1=O)B(O)O. The summed E-state index contributed by atoms with van der Waals surface area (Å²) in [6, 6.07) is 5.88. The minimum absolute atomic E-state index is 0.0721. The monoisotopic (exact) mass is 631 g/mol. The largest absolute Gasteiger partial charge is 0.475 e. The molecule has 1 aromatic carbocycles. The van der Waals surface area contributed by atoms with E-state index in [1.807, 2.05) is 13.8 Å². The predicted octanol–water partition coefficient (Wildman–Crippen LogP) is 1.31. The van der Waals surface area contributed by atoms with Crippen LogP contribution in [0, 0.1) is 16.0 Å². The highest BCUT2D eigenvalue weighted by atomic mass is 16.7. The number of aliphatic imine (C=N–C) groups is 1. The molecule has 0 saturated carbocycles. The van der Waals surface area contributed by atoms with Crippen molar-refractivity contribution in [2.24, 2.45) is 16.6 Å². The summed E-state index contributed by atoms with van der Waals surface area (Å²) in [4.78, 5) is 66.1. The molecule has 1 aromatic rings. The van der Waals surface area contributed by atoms with Gasteiger partial charge in [0.25, 0.3) is 17.8 Å². The van der Waals surface area contributed by atoms with E-state index in [9.17, 15) is 39.3 Å². The fourth-order valence-electron chi connectivity index (χ4n) is 5.09. The number of nitrogens with two attached hydrogens (primary N) is 1. The molecule has 0 saturated heterocycles. The van der Waals surface area contributed by atoms with Gasteiger partial charge in [-0.05, 0) is 50.2 Å². The average molecular weight is 632 g/mol. The van der Waals surface area contributed by atoms with Gasteiger partial charge in [-0.25, -0.2) is 15.1 Å². The van der Waals surface area contributed by atoms with Crippen LogP contribution in [-0.4, -0.2) is 81.8 Å². The van der Waals surface area contributed by atoms with Gasteiger partial charge in [0.1, 0.15) is 6.04 Å². The number of hydrogen-bond acceptors (Lipinski definition) is 9. The van der Waals surface area contributed by atoms with E-state index in [0.717, 1.165) is 38.5 Å². The first kappa shape index (κ1) is 37.1. The number of hydrogen-bond donors (Lipinski definition) is 6. The molecule has 0 fully saturated rings. The van der Waals surface area contributed by atoms with Crippen molar-refractivity contribution < 1.29 is 34.3 Å². The Hall–Kier alpha value is -4.05. The van der Waals surface area contributed by atoms with Gasteiger partial charge in [0.05, 0.1) is 17.1 Å². The molecule has 1 aliphatic rings. The summed E-state index contributed by atoms with van der Waals surface area (Å²) in [6.07, 6.45) is 6.80. The molecule has 0 unspecified atom stereocenters. The molecule has 0 spiro atoms. The second-order valence-corrected chi connectivity index (χ2v) is 11.6. The lowest BCUT2D eigenvalue weighted by atomic mass is 9.75. The van der Waals surface area contributed by atoms with Crippen LogP contribution in [0.3, 0.4) is 0 Å². The van der Waals surface area contributed by atoms with Crippen LogP contribution < -0.4 is 21.8 Å². The molecule has 0 aliphatic carbocycles. The Morgan fingerprint density at radius 1 is 0.978 bits per heavy atom. The summed E-state index contributed by atoms with van der Waals surface area (Å²) in [5, 5.41) is 34.3. The minimum Gasteiger partial charge on any atom is -0.426 e. The normalized spacial score (nSPS) is 14.2. The van der Waals surface area contributed by atoms with Gasteiger partial charge in [-0.2, -0.15) is 0 Å². The Balaban J connectivity index is 1.71. The maximum Gasteiger partial charge on any atom is 0.475 e. The topological polar surface area (TPSA) is 230 Å². The number of nitrogens with zero attached hydrogens (tertiary/aromatic N) is 3. The molecular formula is C29H46BN7O8. The van der Waals surface area contributed by atoms with Crippen LogP contribution in [-0.2, 0) is 9.59 Å². The zero-order chi connectivity index (χ0) is 33.4. The molecule has 248 valence electrons. The molecule has 15 nitrogen and oxygen atoms in total. The summed E-state index contributed by atoms with van der Waals surface area (Å²) in [7, 11) is -1.77. The van der Waals surface area contributed by atoms with Crippen LogP contribution >= 0.6 is 0 Å². The number of imide groups is 1. The molecule has 4 amide bonds. The fourth-order valence-corrected chi connectivity index (χ4v) is 5.09. The third-order valence-electron chi connectivity index (χ3n) is 7.37. The Labute approximate surface area is 263 Å². The summed E-state index contributed by atoms with van der Waals surface area (Å²) in [6.45, 7) is 4.22. The smallest absolute Gasteiger partial charge is 0.426 e. The lowest BCUT2D eigenvalue weighted by Gasteiger charge is -2.24. The van der Waals surface area contributed by atoms with Crippen LogP contribution in [0.4, 0.5) is 0 Å². The van der Waals surface area contributed by atoms with Crippen LogP contribution in [0.5, 0.6) is 0 Å². The molecule has 0 bridgehead atoms. The van der Waals surface area contributed by atoms with E-state index in [-0.39, 0.29) is 55.4 Å². The predicted molar refractivity (Wildman–Crippen MR) is 168 cm³/mol. The first-order valence-corrected chi connectivity index (χ1v) is 15.5. The highest BCUT2D eigenvalue weighted by Crippen LogP contribution is 2.23. The van der Waals surface area contributed by atoms with Gasteiger partial charge in [-0.1, -0.05) is 63.5 Å². The first-order chi connectivity index (χ1) is 21.4. The number of rotatable bonds is 21. The van der Waals surface area contributed by atoms with Gasteiger partial charge in [0.15, 0.2) is 5.03 Å². The Morgan fingerprint density at radius 2 is 1.56 bits per heavy atom. The molecule has 0 aromatic heterocycles. The highest BCUT2D eigenvalue weighted by Gasteiger charge is 2.34. The zero-order valence-corrected chi connectivity index (χ0v) is 26.1. The van der Waals surface area contributed by atoms with E-state index in [0.29, 0.717) is 30.5 Å². The van der Waals surface area contributed by atoms with Crippen LogP contribution in [0.1, 0.15) is 105 Å². The second-order valence-electron chi connectivity index (χ2n) is 11.6. The number of amides is 4. The summed E-state index contributed by atoms with van der Waals surface area (Å²) in [5.74, 6) is -2.58. The van der Waals surface area contributed by atoms with E-state index in [2.05, 4.69) is 15.6 Å². The van der Waals surface area contributed by atoms with E-state index in [4.69, 9.17) is 5.73 Å². The van der Waals surface area contributed by atoms with Gasteiger partial charge in [-0.15, -0.1) is 0 Å². The van der Waals surface area contributed by atoms with E-state index in [1.165, 1.54) is 4.90 Å². The zero-order valence-electron chi connectivity index (χ0n) is 26.1. The molecule has 2 rings (SSSR count). The first-order valence-electron chi connectivity index (χ1n) is 15.5. The fraction of sp³-hybridized carbons (Fsp3) is 0.621. The van der Waals surface area contributed by atoms with Crippen molar-refractivity contribution in [2.45, 2.75) is 96.5 Å². The number of fused-ring (bicyclic) bond motifs is 1. The lowest BCUT2D eigenvalue weighted by Crippen LogP contribution is -2.54. The number of nitrogens with one attached hydrogen (secondary N) is 3. The van der Waals surface area contributed by atoms with Crippen LogP contribution in [0.2, 0.25) is 0 Å². The summed E-state index contributed by atoms with van der Waals surface area (Å²) < 4.78 is 0. The number of carbonyl (C=O) groups is 4. The molecule has 16 heteroatoms. The van der Waals surface area contributed by atoms with Gasteiger partial charge in [0, 0.05) is 19.5 Å². The quantitative estimate of drug-likeness (QED) is 0.0217. The standard InChI is InChI=1S/C29H46BN7O8/c1-20(2)19-24(30(42)43)34-26(39)23(15-12-17-32-29(31)35-37(44)45)33-25(38)16-8-6-4-3-5-7-11-18-36-27(40)21-13-9-10-14-22(21)28(36)41/h9-10,13-14,20,23-24,42-43H,3-8,11-12,15-19H2,1-2H3,(H,33,38)(H,34,39)(H3,31,32,35)/t23-,24-/m0/s1. The van der Waals surface area contributed by atoms with Crippen LogP contribution in [0.25, 0.3) is 0 Å². The number of carbonyl (C=O) groups excluding carboxylic acids is 4. The van der Waals surface area contributed by atoms with Gasteiger partial charge >= 0.3 is 7.12 Å². The van der Waals surface area contributed by atoms with Crippen LogP contribution in [0.15, 0.2) is 29.3 Å². The Bertz CT molecular complexity index is 1160. The van der Waals surface area contributed by atoms with Crippen molar-refractivity contribution in [3.63, 3.8) is 0 Å².